The number of nitrogens with zero attached hydrogens (tertiary/aromatic N) is 2. The van der Waals surface area contributed by atoms with E-state index in [1.807, 2.05) is 5.06 Å². The highest BCUT2D eigenvalue weighted by Gasteiger charge is 2.56. The van der Waals surface area contributed by atoms with Crippen molar-refractivity contribution >= 4 is 5.91 Å². The maximum absolute atomic E-state index is 12.4. The molecule has 130 valence electrons. The molecular formula is C17H29N3O3. The predicted molar refractivity (Wildman–Crippen MR) is 85.7 cm³/mol. The fourth-order valence-electron chi connectivity index (χ4n) is 4.65. The summed E-state index contributed by atoms with van der Waals surface area (Å²) in [6.45, 7) is 5.62. The van der Waals surface area contributed by atoms with Gasteiger partial charge in [-0.2, -0.15) is 5.06 Å². The molecule has 4 fully saturated rings. The van der Waals surface area contributed by atoms with Crippen molar-refractivity contribution in [2.24, 2.45) is 5.92 Å². The van der Waals surface area contributed by atoms with Gasteiger partial charge in [-0.3, -0.25) is 14.5 Å². The van der Waals surface area contributed by atoms with Crippen molar-refractivity contribution in [3.63, 3.8) is 0 Å². The number of hydrogen-bond acceptors (Lipinski definition) is 5. The molecule has 1 N–H and O–H groups in total. The Morgan fingerprint density at radius 1 is 1.09 bits per heavy atom. The first-order chi connectivity index (χ1) is 11.3. The summed E-state index contributed by atoms with van der Waals surface area (Å²) in [7, 11) is 0. The Hall–Kier alpha value is -0.690. The lowest BCUT2D eigenvalue weighted by molar-refractivity contribution is -0.182. The molecule has 6 nitrogen and oxygen atoms in total. The van der Waals surface area contributed by atoms with E-state index in [2.05, 4.69) is 10.2 Å². The van der Waals surface area contributed by atoms with Crippen LogP contribution in [-0.4, -0.2) is 73.5 Å². The number of hydroxylamine groups is 2. The minimum Gasteiger partial charge on any atom is -0.376 e. The maximum Gasteiger partial charge on any atom is 0.221 e. The number of nitrogens with one attached hydrogen (secondary N) is 1. The topological polar surface area (TPSA) is 54.0 Å². The third-order valence-corrected chi connectivity index (χ3v) is 5.90. The summed E-state index contributed by atoms with van der Waals surface area (Å²) in [6, 6.07) is 0.690. The fraction of sp³-hybridized carbons (Fsp3) is 0.941. The first kappa shape index (κ1) is 15.8. The zero-order valence-corrected chi connectivity index (χ0v) is 13.9. The van der Waals surface area contributed by atoms with Crippen LogP contribution in [0.15, 0.2) is 0 Å². The van der Waals surface area contributed by atoms with Crippen LogP contribution < -0.4 is 5.32 Å². The Morgan fingerprint density at radius 2 is 1.91 bits per heavy atom. The molecular weight excluding hydrogens is 294 g/mol. The summed E-state index contributed by atoms with van der Waals surface area (Å²) >= 11 is 0. The Morgan fingerprint density at radius 3 is 2.70 bits per heavy atom. The first-order valence-electron chi connectivity index (χ1n) is 9.36. The van der Waals surface area contributed by atoms with Crippen LogP contribution in [0.3, 0.4) is 0 Å². The van der Waals surface area contributed by atoms with Gasteiger partial charge in [-0.25, -0.2) is 0 Å². The molecule has 1 aliphatic carbocycles. The standard InChI is InChI=1S/C17H29N3O3/c21-14(5-10-20-9-3-4-11-23-20)18-15-13-6-12-22-17(13)16(15)19-7-1-2-8-19/h13,15-17H,1-12H2,(H,18,21)/t13-,15+,16-,17-/m1/s1. The number of carbonyl (C=O) groups is 1. The molecule has 3 heterocycles. The van der Waals surface area contributed by atoms with Gasteiger partial charge in [0.1, 0.15) is 0 Å². The van der Waals surface area contributed by atoms with Gasteiger partial charge in [-0.05, 0) is 45.2 Å². The van der Waals surface area contributed by atoms with Crippen LogP contribution in [0.2, 0.25) is 0 Å². The molecule has 0 spiro atoms. The van der Waals surface area contributed by atoms with Crippen LogP contribution >= 0.6 is 0 Å². The molecule has 23 heavy (non-hydrogen) atoms. The number of likely N-dealkylation sites (tertiary alicyclic amines) is 1. The number of carbonyl (C=O) groups excluding carboxylic acids is 1. The average molecular weight is 323 g/mol. The Kier molecular flexibility index (Phi) is 4.85. The smallest absolute Gasteiger partial charge is 0.221 e. The fourth-order valence-corrected chi connectivity index (χ4v) is 4.65. The summed E-state index contributed by atoms with van der Waals surface area (Å²) in [5, 5.41) is 5.26. The van der Waals surface area contributed by atoms with Gasteiger partial charge in [0.2, 0.25) is 5.91 Å². The highest BCUT2D eigenvalue weighted by atomic mass is 16.7. The Labute approximate surface area is 138 Å². The Bertz CT molecular complexity index is 417. The van der Waals surface area contributed by atoms with Crippen molar-refractivity contribution in [1.82, 2.24) is 15.3 Å². The molecule has 0 unspecified atom stereocenters. The molecule has 4 atom stereocenters. The highest BCUT2D eigenvalue weighted by Crippen LogP contribution is 2.42. The highest BCUT2D eigenvalue weighted by molar-refractivity contribution is 5.76. The second kappa shape index (κ2) is 7.05. The molecule has 4 aliphatic rings. The molecule has 1 saturated carbocycles. The van der Waals surface area contributed by atoms with E-state index in [-0.39, 0.29) is 11.9 Å². The number of fused-ring (bicyclic) bond motifs is 1. The van der Waals surface area contributed by atoms with Gasteiger partial charge in [-0.1, -0.05) is 0 Å². The third kappa shape index (κ3) is 3.27. The lowest BCUT2D eigenvalue weighted by Gasteiger charge is -2.51. The second-order valence-electron chi connectivity index (χ2n) is 7.33. The van der Waals surface area contributed by atoms with Crippen LogP contribution in [0.4, 0.5) is 0 Å². The molecule has 0 aromatic heterocycles. The molecule has 1 amide bonds. The van der Waals surface area contributed by atoms with Gasteiger partial charge in [0, 0.05) is 32.0 Å². The minimum absolute atomic E-state index is 0.165. The summed E-state index contributed by atoms with van der Waals surface area (Å²) in [4.78, 5) is 20.5. The Balaban J connectivity index is 1.28. The van der Waals surface area contributed by atoms with Gasteiger partial charge in [-0.15, -0.1) is 0 Å². The van der Waals surface area contributed by atoms with Gasteiger partial charge >= 0.3 is 0 Å². The number of ether oxygens (including phenoxy) is 1. The largest absolute Gasteiger partial charge is 0.376 e. The van der Waals surface area contributed by atoms with Crippen molar-refractivity contribution < 1.29 is 14.4 Å². The lowest BCUT2D eigenvalue weighted by Crippen LogP contribution is -2.70. The van der Waals surface area contributed by atoms with Crippen molar-refractivity contribution in [3.05, 3.63) is 0 Å². The average Bonchev–Trinajstić information content (AvgIpc) is 3.23. The van der Waals surface area contributed by atoms with E-state index in [0.717, 1.165) is 45.7 Å². The van der Waals surface area contributed by atoms with E-state index in [4.69, 9.17) is 9.57 Å². The zero-order valence-electron chi connectivity index (χ0n) is 13.9. The van der Waals surface area contributed by atoms with E-state index < -0.39 is 0 Å². The molecule has 3 saturated heterocycles. The molecule has 3 aliphatic heterocycles. The lowest BCUT2D eigenvalue weighted by atomic mass is 9.70. The van der Waals surface area contributed by atoms with E-state index in [0.29, 0.717) is 31.0 Å². The molecule has 6 heteroatoms. The van der Waals surface area contributed by atoms with E-state index in [1.54, 1.807) is 0 Å². The van der Waals surface area contributed by atoms with Gasteiger partial charge in [0.15, 0.2) is 0 Å². The van der Waals surface area contributed by atoms with Crippen LogP contribution in [-0.2, 0) is 14.4 Å². The SMILES string of the molecule is O=C(CCN1CCCCO1)N[C@H]1[C@H]2CCO[C@H]2[C@@H]1N1CCCC1. The zero-order chi connectivity index (χ0) is 15.6. The van der Waals surface area contributed by atoms with E-state index in [9.17, 15) is 4.79 Å². The van der Waals surface area contributed by atoms with Crippen LogP contribution in [0.25, 0.3) is 0 Å². The molecule has 0 aromatic rings. The van der Waals surface area contributed by atoms with Crippen LogP contribution in [0, 0.1) is 5.92 Å². The molecule has 4 rings (SSSR count). The number of rotatable bonds is 5. The first-order valence-corrected chi connectivity index (χ1v) is 9.36. The van der Waals surface area contributed by atoms with Crippen molar-refractivity contribution in [2.45, 2.75) is 56.7 Å². The van der Waals surface area contributed by atoms with E-state index >= 15 is 0 Å². The van der Waals surface area contributed by atoms with Crippen molar-refractivity contribution in [2.75, 3.05) is 39.4 Å². The van der Waals surface area contributed by atoms with Crippen molar-refractivity contribution in [3.8, 4) is 0 Å². The van der Waals surface area contributed by atoms with Crippen molar-refractivity contribution in [1.29, 1.82) is 0 Å². The number of hydrogen-bond donors (Lipinski definition) is 1. The maximum atomic E-state index is 12.4. The van der Waals surface area contributed by atoms with Crippen LogP contribution in [0.5, 0.6) is 0 Å². The third-order valence-electron chi connectivity index (χ3n) is 5.90. The van der Waals surface area contributed by atoms with Gasteiger partial charge < -0.3 is 10.1 Å². The summed E-state index contributed by atoms with van der Waals surface area (Å²) in [5.74, 6) is 0.689. The summed E-state index contributed by atoms with van der Waals surface area (Å²) in [6.07, 6.45) is 6.83. The minimum atomic E-state index is 0.165. The predicted octanol–water partition coefficient (Wildman–Crippen LogP) is 0.772. The van der Waals surface area contributed by atoms with Crippen LogP contribution in [0.1, 0.15) is 38.5 Å². The second-order valence-corrected chi connectivity index (χ2v) is 7.33. The molecule has 0 bridgehead atoms. The van der Waals surface area contributed by atoms with Gasteiger partial charge in [0.05, 0.1) is 24.8 Å². The monoisotopic (exact) mass is 323 g/mol. The summed E-state index contributed by atoms with van der Waals surface area (Å²) < 4.78 is 5.92. The molecule has 0 aromatic carbocycles. The van der Waals surface area contributed by atoms with E-state index in [1.165, 1.54) is 19.3 Å². The molecule has 0 radical (unpaired) electrons. The summed E-state index contributed by atoms with van der Waals surface area (Å²) in [5.41, 5.74) is 0. The normalized spacial score (nSPS) is 38.3. The quantitative estimate of drug-likeness (QED) is 0.810. The van der Waals surface area contributed by atoms with Gasteiger partial charge in [0.25, 0.3) is 0 Å². The number of amides is 1.